The van der Waals surface area contributed by atoms with Crippen LogP contribution in [0.5, 0.6) is 0 Å². The maximum atomic E-state index is 11.7. The molecule has 19 heavy (non-hydrogen) atoms. The fourth-order valence-corrected chi connectivity index (χ4v) is 1.74. The topological polar surface area (TPSA) is 58.2 Å². The van der Waals surface area contributed by atoms with Gasteiger partial charge in [-0.1, -0.05) is 37.4 Å². The molecule has 0 aromatic heterocycles. The van der Waals surface area contributed by atoms with Gasteiger partial charge < -0.3 is 10.6 Å². The molecule has 2 amide bonds. The smallest absolute Gasteiger partial charge is 0.313 e. The fourth-order valence-electron chi connectivity index (χ4n) is 1.57. The van der Waals surface area contributed by atoms with Crippen LogP contribution in [0.1, 0.15) is 31.7 Å². The zero-order valence-electron chi connectivity index (χ0n) is 11.3. The molecule has 0 heterocycles. The summed E-state index contributed by atoms with van der Waals surface area (Å²) in [5.41, 5.74) is 1.41. The average Bonchev–Trinajstić information content (AvgIpc) is 2.38. The predicted octanol–water partition coefficient (Wildman–Crippen LogP) is 2.89. The molecule has 5 heteroatoms. The Morgan fingerprint density at radius 1 is 1.21 bits per heavy atom. The van der Waals surface area contributed by atoms with E-state index in [2.05, 4.69) is 17.6 Å². The van der Waals surface area contributed by atoms with Crippen molar-refractivity contribution in [1.29, 1.82) is 0 Å². The van der Waals surface area contributed by atoms with Crippen molar-refractivity contribution in [2.45, 2.75) is 33.1 Å². The van der Waals surface area contributed by atoms with E-state index in [1.807, 2.05) is 6.92 Å². The van der Waals surface area contributed by atoms with Gasteiger partial charge >= 0.3 is 11.8 Å². The Hall–Kier alpha value is -1.55. The van der Waals surface area contributed by atoms with Gasteiger partial charge in [0.25, 0.3) is 0 Å². The van der Waals surface area contributed by atoms with Crippen LogP contribution in [0, 0.1) is 6.92 Å². The number of halogens is 1. The van der Waals surface area contributed by atoms with Gasteiger partial charge in [-0.2, -0.15) is 0 Å². The molecule has 2 N–H and O–H groups in total. The second-order valence-electron chi connectivity index (χ2n) is 4.38. The molecule has 0 aliphatic rings. The van der Waals surface area contributed by atoms with E-state index in [0.717, 1.165) is 24.8 Å². The van der Waals surface area contributed by atoms with Gasteiger partial charge in [0.05, 0.1) is 0 Å². The van der Waals surface area contributed by atoms with Gasteiger partial charge in [-0.15, -0.1) is 0 Å². The standard InChI is InChI=1S/C14H19ClN2O2/c1-3-4-5-8-16-13(18)14(19)17-12-9-11(15)7-6-10(12)2/h6-7,9H,3-5,8H2,1-2H3,(H,16,18)(H,17,19). The zero-order chi connectivity index (χ0) is 14.3. The molecule has 0 saturated carbocycles. The lowest BCUT2D eigenvalue weighted by molar-refractivity contribution is -0.136. The Labute approximate surface area is 118 Å². The lowest BCUT2D eigenvalue weighted by atomic mass is 10.2. The summed E-state index contributed by atoms with van der Waals surface area (Å²) in [6, 6.07) is 5.15. The second-order valence-corrected chi connectivity index (χ2v) is 4.81. The first kappa shape index (κ1) is 15.5. The van der Waals surface area contributed by atoms with Gasteiger partial charge in [-0.3, -0.25) is 9.59 Å². The van der Waals surface area contributed by atoms with Crippen LogP contribution < -0.4 is 10.6 Å². The van der Waals surface area contributed by atoms with Crippen molar-refractivity contribution in [3.8, 4) is 0 Å². The Bertz CT molecular complexity index is 461. The van der Waals surface area contributed by atoms with Gasteiger partial charge in [0, 0.05) is 17.3 Å². The van der Waals surface area contributed by atoms with Gasteiger partial charge in [-0.25, -0.2) is 0 Å². The van der Waals surface area contributed by atoms with Crippen LogP contribution in [0.2, 0.25) is 5.02 Å². The summed E-state index contributed by atoms with van der Waals surface area (Å²) in [6.45, 7) is 4.44. The first-order valence-electron chi connectivity index (χ1n) is 6.40. The minimum Gasteiger partial charge on any atom is -0.348 e. The lowest BCUT2D eigenvalue weighted by Crippen LogP contribution is -2.36. The van der Waals surface area contributed by atoms with Gasteiger partial charge in [0.15, 0.2) is 0 Å². The number of anilines is 1. The predicted molar refractivity (Wildman–Crippen MR) is 77.4 cm³/mol. The quantitative estimate of drug-likeness (QED) is 0.644. The molecule has 104 valence electrons. The molecule has 0 fully saturated rings. The molecule has 0 spiro atoms. The van der Waals surface area contributed by atoms with E-state index >= 15 is 0 Å². The number of unbranched alkanes of at least 4 members (excludes halogenated alkanes) is 2. The molecule has 1 aromatic rings. The fraction of sp³-hybridized carbons (Fsp3) is 0.429. The summed E-state index contributed by atoms with van der Waals surface area (Å²) < 4.78 is 0. The normalized spacial score (nSPS) is 10.1. The maximum absolute atomic E-state index is 11.7. The van der Waals surface area contributed by atoms with Crippen molar-refractivity contribution in [2.24, 2.45) is 0 Å². The summed E-state index contributed by atoms with van der Waals surface area (Å²) in [5, 5.41) is 5.66. The highest BCUT2D eigenvalue weighted by molar-refractivity contribution is 6.40. The van der Waals surface area contributed by atoms with Gasteiger partial charge in [0.2, 0.25) is 0 Å². The molecule has 0 atom stereocenters. The molecule has 0 radical (unpaired) electrons. The van der Waals surface area contributed by atoms with Crippen LogP contribution in [-0.2, 0) is 9.59 Å². The van der Waals surface area contributed by atoms with Crippen LogP contribution in [0.3, 0.4) is 0 Å². The van der Waals surface area contributed by atoms with Gasteiger partial charge in [-0.05, 0) is 31.0 Å². The van der Waals surface area contributed by atoms with Crippen molar-refractivity contribution in [1.82, 2.24) is 5.32 Å². The van der Waals surface area contributed by atoms with E-state index < -0.39 is 11.8 Å². The van der Waals surface area contributed by atoms with E-state index in [-0.39, 0.29) is 0 Å². The summed E-state index contributed by atoms with van der Waals surface area (Å²) in [7, 11) is 0. The van der Waals surface area contributed by atoms with Crippen LogP contribution >= 0.6 is 11.6 Å². The number of carbonyl (C=O) groups is 2. The third-order valence-corrected chi connectivity index (χ3v) is 2.96. The minimum absolute atomic E-state index is 0.518. The van der Waals surface area contributed by atoms with Crippen LogP contribution in [0.4, 0.5) is 5.69 Å². The Morgan fingerprint density at radius 3 is 2.63 bits per heavy atom. The summed E-state index contributed by atoms with van der Waals surface area (Å²) >= 11 is 5.85. The highest BCUT2D eigenvalue weighted by Gasteiger charge is 2.14. The van der Waals surface area contributed by atoms with Crippen molar-refractivity contribution in [2.75, 3.05) is 11.9 Å². The number of amides is 2. The number of rotatable bonds is 5. The highest BCUT2D eigenvalue weighted by atomic mass is 35.5. The van der Waals surface area contributed by atoms with Crippen LogP contribution in [0.15, 0.2) is 18.2 Å². The number of hydrogen-bond acceptors (Lipinski definition) is 2. The summed E-state index contributed by atoms with van der Waals surface area (Å²) in [4.78, 5) is 23.2. The second kappa shape index (κ2) is 7.79. The molecule has 0 saturated heterocycles. The molecular formula is C14H19ClN2O2. The van der Waals surface area contributed by atoms with E-state index in [1.165, 1.54) is 0 Å². The third kappa shape index (κ3) is 5.30. The van der Waals surface area contributed by atoms with E-state index in [9.17, 15) is 9.59 Å². The summed E-state index contributed by atoms with van der Waals surface area (Å²) in [5.74, 6) is -1.28. The van der Waals surface area contributed by atoms with E-state index in [0.29, 0.717) is 17.3 Å². The number of hydrogen-bond donors (Lipinski definition) is 2. The first-order valence-corrected chi connectivity index (χ1v) is 6.77. The van der Waals surface area contributed by atoms with Crippen LogP contribution in [-0.4, -0.2) is 18.4 Å². The maximum Gasteiger partial charge on any atom is 0.313 e. The average molecular weight is 283 g/mol. The highest BCUT2D eigenvalue weighted by Crippen LogP contribution is 2.19. The number of nitrogens with one attached hydrogen (secondary N) is 2. The van der Waals surface area contributed by atoms with Crippen molar-refractivity contribution in [3.63, 3.8) is 0 Å². The minimum atomic E-state index is -0.665. The molecule has 0 aliphatic heterocycles. The van der Waals surface area contributed by atoms with Crippen LogP contribution in [0.25, 0.3) is 0 Å². The summed E-state index contributed by atoms with van der Waals surface area (Å²) in [6.07, 6.45) is 2.99. The molecular weight excluding hydrogens is 264 g/mol. The Balaban J connectivity index is 2.49. The lowest BCUT2D eigenvalue weighted by Gasteiger charge is -2.09. The SMILES string of the molecule is CCCCCNC(=O)C(=O)Nc1cc(Cl)ccc1C. The molecule has 0 unspecified atom stereocenters. The Kier molecular flexibility index (Phi) is 6.36. The third-order valence-electron chi connectivity index (χ3n) is 2.72. The number of carbonyl (C=O) groups excluding carboxylic acids is 2. The van der Waals surface area contributed by atoms with E-state index in [4.69, 9.17) is 11.6 Å². The van der Waals surface area contributed by atoms with Crippen molar-refractivity contribution < 1.29 is 9.59 Å². The monoisotopic (exact) mass is 282 g/mol. The molecule has 1 rings (SSSR count). The molecule has 1 aromatic carbocycles. The van der Waals surface area contributed by atoms with Crippen molar-refractivity contribution >= 4 is 29.1 Å². The molecule has 0 bridgehead atoms. The van der Waals surface area contributed by atoms with E-state index in [1.54, 1.807) is 18.2 Å². The largest absolute Gasteiger partial charge is 0.348 e. The van der Waals surface area contributed by atoms with Crippen molar-refractivity contribution in [3.05, 3.63) is 28.8 Å². The van der Waals surface area contributed by atoms with Gasteiger partial charge in [0.1, 0.15) is 0 Å². The first-order chi connectivity index (χ1) is 9.04. The molecule has 4 nitrogen and oxygen atoms in total. The zero-order valence-corrected chi connectivity index (χ0v) is 12.0. The number of aryl methyl sites for hydroxylation is 1. The Morgan fingerprint density at radius 2 is 1.95 bits per heavy atom. The number of benzene rings is 1. The molecule has 0 aliphatic carbocycles.